The van der Waals surface area contributed by atoms with E-state index in [0.717, 1.165) is 32.5 Å². The van der Waals surface area contributed by atoms with Crippen molar-refractivity contribution in [2.45, 2.75) is 19.8 Å². The molecule has 4 nitrogen and oxygen atoms in total. The first-order chi connectivity index (χ1) is 6.66. The molecule has 0 unspecified atom stereocenters. The van der Waals surface area contributed by atoms with Gasteiger partial charge in [-0.3, -0.25) is 4.79 Å². The van der Waals surface area contributed by atoms with Gasteiger partial charge in [0.1, 0.15) is 0 Å². The first kappa shape index (κ1) is 13.4. The van der Waals surface area contributed by atoms with Crippen molar-refractivity contribution in [2.75, 3.05) is 40.3 Å². The van der Waals surface area contributed by atoms with Crippen LogP contribution in [0.15, 0.2) is 0 Å². The molecule has 0 rings (SSSR count). The predicted octanol–water partition coefficient (Wildman–Crippen LogP) is 0.0539. The Kier molecular flexibility index (Phi) is 8.57. The van der Waals surface area contributed by atoms with Crippen LogP contribution in [0.3, 0.4) is 0 Å². The second kappa shape index (κ2) is 8.97. The molecule has 0 spiro atoms. The lowest BCUT2D eigenvalue weighted by Crippen LogP contribution is -2.34. The molecule has 4 heteroatoms. The van der Waals surface area contributed by atoms with E-state index in [1.165, 1.54) is 0 Å². The average molecular weight is 201 g/mol. The van der Waals surface area contributed by atoms with Gasteiger partial charge in [0.2, 0.25) is 5.91 Å². The van der Waals surface area contributed by atoms with Crippen LogP contribution in [0.25, 0.3) is 0 Å². The van der Waals surface area contributed by atoms with Crippen LogP contribution < -0.4 is 10.6 Å². The first-order valence-corrected chi connectivity index (χ1v) is 5.29. The molecule has 0 atom stereocenters. The molecule has 0 aromatic rings. The standard InChI is InChI=1S/C10H23N3O/c1-4-11-9-10(14)12-7-5-6-8-13(2)3/h11H,4-9H2,1-3H3,(H,12,14). The molecule has 1 amide bonds. The summed E-state index contributed by atoms with van der Waals surface area (Å²) in [7, 11) is 4.12. The second-order valence-corrected chi connectivity index (χ2v) is 3.64. The summed E-state index contributed by atoms with van der Waals surface area (Å²) in [5.41, 5.74) is 0. The number of likely N-dealkylation sites (N-methyl/N-ethyl adjacent to an activating group) is 1. The second-order valence-electron chi connectivity index (χ2n) is 3.64. The van der Waals surface area contributed by atoms with Gasteiger partial charge < -0.3 is 15.5 Å². The summed E-state index contributed by atoms with van der Waals surface area (Å²) in [6.07, 6.45) is 2.19. The highest BCUT2D eigenvalue weighted by atomic mass is 16.1. The van der Waals surface area contributed by atoms with Crippen molar-refractivity contribution in [3.05, 3.63) is 0 Å². The maximum absolute atomic E-state index is 11.1. The Morgan fingerprint density at radius 1 is 1.29 bits per heavy atom. The van der Waals surface area contributed by atoms with Crippen molar-refractivity contribution in [2.24, 2.45) is 0 Å². The third-order valence-electron chi connectivity index (χ3n) is 1.89. The molecular weight excluding hydrogens is 178 g/mol. The van der Waals surface area contributed by atoms with E-state index in [9.17, 15) is 4.79 Å². The van der Waals surface area contributed by atoms with Gasteiger partial charge in [-0.05, 0) is 40.0 Å². The van der Waals surface area contributed by atoms with E-state index in [4.69, 9.17) is 0 Å². The Bertz CT molecular complexity index is 148. The molecule has 0 aliphatic carbocycles. The highest BCUT2D eigenvalue weighted by molar-refractivity contribution is 5.77. The smallest absolute Gasteiger partial charge is 0.233 e. The zero-order chi connectivity index (χ0) is 10.8. The normalized spacial score (nSPS) is 10.6. The third-order valence-corrected chi connectivity index (χ3v) is 1.89. The Morgan fingerprint density at radius 3 is 2.57 bits per heavy atom. The lowest BCUT2D eigenvalue weighted by molar-refractivity contribution is -0.120. The fourth-order valence-electron chi connectivity index (χ4n) is 1.08. The van der Waals surface area contributed by atoms with Crippen molar-refractivity contribution >= 4 is 5.91 Å². The van der Waals surface area contributed by atoms with Crippen LogP contribution >= 0.6 is 0 Å². The number of carbonyl (C=O) groups excluding carboxylic acids is 1. The summed E-state index contributed by atoms with van der Waals surface area (Å²) in [6, 6.07) is 0. The van der Waals surface area contributed by atoms with E-state index in [0.29, 0.717) is 6.54 Å². The average Bonchev–Trinajstić information content (AvgIpc) is 2.13. The van der Waals surface area contributed by atoms with E-state index in [-0.39, 0.29) is 5.91 Å². The quantitative estimate of drug-likeness (QED) is 0.546. The van der Waals surface area contributed by atoms with E-state index in [2.05, 4.69) is 29.6 Å². The molecular formula is C10H23N3O. The van der Waals surface area contributed by atoms with E-state index >= 15 is 0 Å². The van der Waals surface area contributed by atoms with Gasteiger partial charge in [0.15, 0.2) is 0 Å². The highest BCUT2D eigenvalue weighted by Gasteiger charge is 1.98. The van der Waals surface area contributed by atoms with Crippen molar-refractivity contribution < 1.29 is 4.79 Å². The van der Waals surface area contributed by atoms with Crippen molar-refractivity contribution in [1.29, 1.82) is 0 Å². The number of unbranched alkanes of at least 4 members (excludes halogenated alkanes) is 1. The number of carbonyl (C=O) groups is 1. The fourth-order valence-corrected chi connectivity index (χ4v) is 1.08. The lowest BCUT2D eigenvalue weighted by atomic mass is 10.3. The molecule has 0 saturated heterocycles. The molecule has 0 radical (unpaired) electrons. The van der Waals surface area contributed by atoms with Crippen LogP contribution in [-0.2, 0) is 4.79 Å². The molecule has 14 heavy (non-hydrogen) atoms. The fraction of sp³-hybridized carbons (Fsp3) is 0.900. The Labute approximate surface area is 87.0 Å². The number of nitrogens with zero attached hydrogens (tertiary/aromatic N) is 1. The summed E-state index contributed by atoms with van der Waals surface area (Å²) < 4.78 is 0. The summed E-state index contributed by atoms with van der Waals surface area (Å²) in [6.45, 7) is 5.14. The lowest BCUT2D eigenvalue weighted by Gasteiger charge is -2.09. The van der Waals surface area contributed by atoms with Gasteiger partial charge in [-0.1, -0.05) is 6.92 Å². The van der Waals surface area contributed by atoms with Gasteiger partial charge >= 0.3 is 0 Å². The van der Waals surface area contributed by atoms with Gasteiger partial charge in [-0.25, -0.2) is 0 Å². The van der Waals surface area contributed by atoms with Crippen LogP contribution in [0.4, 0.5) is 0 Å². The zero-order valence-corrected chi connectivity index (χ0v) is 9.60. The van der Waals surface area contributed by atoms with E-state index < -0.39 is 0 Å². The molecule has 0 saturated carbocycles. The molecule has 0 bridgehead atoms. The van der Waals surface area contributed by atoms with E-state index in [1.54, 1.807) is 0 Å². The maximum atomic E-state index is 11.1. The molecule has 0 aromatic heterocycles. The minimum atomic E-state index is 0.0942. The van der Waals surface area contributed by atoms with Gasteiger partial charge in [0.05, 0.1) is 6.54 Å². The van der Waals surface area contributed by atoms with Gasteiger partial charge in [-0.15, -0.1) is 0 Å². The molecule has 2 N–H and O–H groups in total. The first-order valence-electron chi connectivity index (χ1n) is 5.29. The summed E-state index contributed by atoms with van der Waals surface area (Å²) >= 11 is 0. The molecule has 0 heterocycles. The molecule has 0 aliphatic rings. The highest BCUT2D eigenvalue weighted by Crippen LogP contribution is 1.88. The topological polar surface area (TPSA) is 44.4 Å². The van der Waals surface area contributed by atoms with Gasteiger partial charge in [0.25, 0.3) is 0 Å². The Balaban J connectivity index is 3.15. The summed E-state index contributed by atoms with van der Waals surface area (Å²) in [4.78, 5) is 13.3. The largest absolute Gasteiger partial charge is 0.355 e. The Morgan fingerprint density at radius 2 is 2.00 bits per heavy atom. The number of nitrogens with one attached hydrogen (secondary N) is 2. The predicted molar refractivity (Wildman–Crippen MR) is 59.3 cm³/mol. The van der Waals surface area contributed by atoms with Gasteiger partial charge in [0, 0.05) is 6.54 Å². The van der Waals surface area contributed by atoms with Crippen molar-refractivity contribution in [3.63, 3.8) is 0 Å². The van der Waals surface area contributed by atoms with Crippen LogP contribution in [0.1, 0.15) is 19.8 Å². The number of amides is 1. The zero-order valence-electron chi connectivity index (χ0n) is 9.60. The molecule has 0 aliphatic heterocycles. The monoisotopic (exact) mass is 201 g/mol. The summed E-state index contributed by atoms with van der Waals surface area (Å²) in [5.74, 6) is 0.0942. The van der Waals surface area contributed by atoms with Crippen molar-refractivity contribution in [3.8, 4) is 0 Å². The van der Waals surface area contributed by atoms with Crippen molar-refractivity contribution in [1.82, 2.24) is 15.5 Å². The molecule has 84 valence electrons. The number of hydrogen-bond acceptors (Lipinski definition) is 3. The third kappa shape index (κ3) is 9.48. The molecule has 0 aromatic carbocycles. The summed E-state index contributed by atoms with van der Waals surface area (Å²) in [5, 5.41) is 5.86. The number of hydrogen-bond donors (Lipinski definition) is 2. The van der Waals surface area contributed by atoms with E-state index in [1.807, 2.05) is 6.92 Å². The van der Waals surface area contributed by atoms with Crippen LogP contribution in [0.2, 0.25) is 0 Å². The molecule has 0 fully saturated rings. The SMILES string of the molecule is CCNCC(=O)NCCCCN(C)C. The van der Waals surface area contributed by atoms with Crippen LogP contribution in [0, 0.1) is 0 Å². The number of rotatable bonds is 8. The minimum absolute atomic E-state index is 0.0942. The minimum Gasteiger partial charge on any atom is -0.355 e. The van der Waals surface area contributed by atoms with Crippen LogP contribution in [0.5, 0.6) is 0 Å². The maximum Gasteiger partial charge on any atom is 0.233 e. The van der Waals surface area contributed by atoms with Crippen LogP contribution in [-0.4, -0.2) is 51.1 Å². The van der Waals surface area contributed by atoms with Gasteiger partial charge in [-0.2, -0.15) is 0 Å². The Hall–Kier alpha value is -0.610.